The number of guanidine groups is 1. The number of hydrogen-bond acceptors (Lipinski definition) is 7. The Morgan fingerprint density at radius 1 is 1.29 bits per heavy atom. The molecule has 0 aromatic heterocycles. The molecule has 1 aromatic rings. The third-order valence-electron chi connectivity index (χ3n) is 4.56. The van der Waals surface area contributed by atoms with Gasteiger partial charge >= 0.3 is 5.97 Å². The second-order valence-electron chi connectivity index (χ2n) is 6.78. The molecule has 150 valence electrons. The van der Waals surface area contributed by atoms with E-state index >= 15 is 0 Å². The van der Waals surface area contributed by atoms with Crippen LogP contribution in [0.25, 0.3) is 0 Å². The van der Waals surface area contributed by atoms with Gasteiger partial charge in [0.1, 0.15) is 11.8 Å². The molecule has 0 radical (unpaired) electrons. The summed E-state index contributed by atoms with van der Waals surface area (Å²) in [6.45, 7) is 2.84. The number of carbonyl (C=O) groups is 3. The third kappa shape index (κ3) is 4.79. The van der Waals surface area contributed by atoms with Crippen molar-refractivity contribution in [3.63, 3.8) is 0 Å². The van der Waals surface area contributed by atoms with Gasteiger partial charge in [-0.05, 0) is 37.5 Å². The van der Waals surface area contributed by atoms with Crippen LogP contribution in [-0.4, -0.2) is 47.9 Å². The Hall–Kier alpha value is -3.10. The van der Waals surface area contributed by atoms with Gasteiger partial charge in [-0.1, -0.05) is 0 Å². The van der Waals surface area contributed by atoms with Crippen molar-refractivity contribution in [2.24, 2.45) is 10.7 Å². The van der Waals surface area contributed by atoms with Crippen molar-refractivity contribution in [1.82, 2.24) is 10.2 Å². The Morgan fingerprint density at radius 3 is 2.82 bits per heavy atom. The highest BCUT2D eigenvalue weighted by atomic mass is 16.5. The first kappa shape index (κ1) is 19.7. The van der Waals surface area contributed by atoms with Crippen molar-refractivity contribution < 1.29 is 23.9 Å². The summed E-state index contributed by atoms with van der Waals surface area (Å²) in [6.07, 6.45) is 2.51. The van der Waals surface area contributed by atoms with Gasteiger partial charge in [0.2, 0.25) is 17.8 Å². The molecule has 28 heavy (non-hydrogen) atoms. The predicted octanol–water partition coefficient (Wildman–Crippen LogP) is 0.976. The van der Waals surface area contributed by atoms with Gasteiger partial charge in [0, 0.05) is 19.0 Å². The number of nitrogens with two attached hydrogens (primary N) is 1. The van der Waals surface area contributed by atoms with Crippen LogP contribution in [0, 0.1) is 0 Å². The third-order valence-corrected chi connectivity index (χ3v) is 4.56. The van der Waals surface area contributed by atoms with E-state index in [0.29, 0.717) is 25.7 Å². The van der Waals surface area contributed by atoms with Gasteiger partial charge in [0.25, 0.3) is 0 Å². The number of nitrogens with zero attached hydrogens (tertiary/aromatic N) is 2. The summed E-state index contributed by atoms with van der Waals surface area (Å²) >= 11 is 0. The van der Waals surface area contributed by atoms with Crippen molar-refractivity contribution >= 4 is 29.4 Å². The van der Waals surface area contributed by atoms with Crippen LogP contribution in [0.3, 0.4) is 0 Å². The second-order valence-corrected chi connectivity index (χ2v) is 6.78. The molecule has 2 aliphatic heterocycles. The molecule has 1 atom stereocenters. The predicted molar refractivity (Wildman–Crippen MR) is 101 cm³/mol. The molecule has 2 aliphatic rings. The second kappa shape index (κ2) is 8.73. The molecule has 0 spiro atoms. The van der Waals surface area contributed by atoms with Gasteiger partial charge in [0.05, 0.1) is 25.3 Å². The molecule has 0 bridgehead atoms. The Balaban J connectivity index is 1.54. The minimum atomic E-state index is -0.633. The minimum absolute atomic E-state index is 0.0519. The minimum Gasteiger partial charge on any atom is -0.494 e. The number of fused-ring (bicyclic) bond motifs is 2. The number of hydrogen-bond donors (Lipinski definition) is 2. The van der Waals surface area contributed by atoms with E-state index in [9.17, 15) is 14.4 Å². The summed E-state index contributed by atoms with van der Waals surface area (Å²) < 4.78 is 10.7. The zero-order chi connectivity index (χ0) is 20.1. The van der Waals surface area contributed by atoms with E-state index in [4.69, 9.17) is 15.2 Å². The monoisotopic (exact) mass is 388 g/mol. The highest BCUT2D eigenvalue weighted by molar-refractivity contribution is 6.09. The maximum Gasteiger partial charge on any atom is 0.302 e. The Morgan fingerprint density at radius 2 is 2.07 bits per heavy atom. The maximum atomic E-state index is 12.1. The average Bonchev–Trinajstić information content (AvgIpc) is 2.93. The van der Waals surface area contributed by atoms with Gasteiger partial charge in [0.15, 0.2) is 0 Å². The number of unbranched alkanes of at least 4 members (excludes halogenated alkanes) is 2. The quantitative estimate of drug-likeness (QED) is 0.480. The lowest BCUT2D eigenvalue weighted by Crippen LogP contribution is -2.39. The van der Waals surface area contributed by atoms with Gasteiger partial charge in [-0.25, -0.2) is 4.99 Å². The van der Waals surface area contributed by atoms with E-state index in [1.165, 1.54) is 6.92 Å². The van der Waals surface area contributed by atoms with Gasteiger partial charge < -0.3 is 20.1 Å². The van der Waals surface area contributed by atoms with Crippen molar-refractivity contribution in [1.29, 1.82) is 0 Å². The van der Waals surface area contributed by atoms with Crippen LogP contribution in [0.15, 0.2) is 23.2 Å². The molecule has 1 unspecified atom stereocenters. The fourth-order valence-corrected chi connectivity index (χ4v) is 3.20. The first-order chi connectivity index (χ1) is 13.4. The number of esters is 1. The van der Waals surface area contributed by atoms with Gasteiger partial charge in [-0.2, -0.15) is 0 Å². The van der Waals surface area contributed by atoms with Crippen LogP contribution in [0.1, 0.15) is 38.2 Å². The summed E-state index contributed by atoms with van der Waals surface area (Å²) in [5.74, 6) is 0.116. The Kier molecular flexibility index (Phi) is 6.13. The zero-order valence-corrected chi connectivity index (χ0v) is 15.8. The highest BCUT2D eigenvalue weighted by Gasteiger charge is 2.39. The summed E-state index contributed by atoms with van der Waals surface area (Å²) in [5.41, 5.74) is 6.94. The van der Waals surface area contributed by atoms with E-state index in [2.05, 4.69) is 10.3 Å². The van der Waals surface area contributed by atoms with Crippen molar-refractivity contribution in [3.05, 3.63) is 23.8 Å². The van der Waals surface area contributed by atoms with Crippen LogP contribution in [0.5, 0.6) is 5.75 Å². The molecule has 3 rings (SSSR count). The van der Waals surface area contributed by atoms with Crippen LogP contribution in [0.2, 0.25) is 0 Å². The van der Waals surface area contributed by atoms with E-state index in [0.717, 1.165) is 36.3 Å². The summed E-state index contributed by atoms with van der Waals surface area (Å²) in [7, 11) is 0. The molecule has 0 aliphatic carbocycles. The lowest BCUT2D eigenvalue weighted by molar-refractivity contribution is -0.141. The lowest BCUT2D eigenvalue weighted by Gasteiger charge is -2.27. The molecule has 1 saturated heterocycles. The van der Waals surface area contributed by atoms with Crippen molar-refractivity contribution in [3.8, 4) is 5.75 Å². The number of carbonyl (C=O) groups excluding carboxylic acids is 3. The number of amides is 2. The summed E-state index contributed by atoms with van der Waals surface area (Å²) in [6, 6.07) is 4.96. The molecule has 9 nitrogen and oxygen atoms in total. The number of ether oxygens (including phenoxy) is 2. The fraction of sp³-hybridized carbons (Fsp3) is 0.474. The number of primary amides is 1. The first-order valence-electron chi connectivity index (χ1n) is 9.27. The normalized spacial score (nSPS) is 17.3. The van der Waals surface area contributed by atoms with Gasteiger partial charge in [-0.3, -0.25) is 19.7 Å². The van der Waals surface area contributed by atoms with Crippen LogP contribution >= 0.6 is 0 Å². The van der Waals surface area contributed by atoms with E-state index in [1.54, 1.807) is 4.90 Å². The smallest absolute Gasteiger partial charge is 0.302 e. The number of aliphatic imine (C=N–C) groups is 1. The zero-order valence-electron chi connectivity index (χ0n) is 15.8. The van der Waals surface area contributed by atoms with Crippen molar-refractivity contribution in [2.75, 3.05) is 13.2 Å². The van der Waals surface area contributed by atoms with E-state index in [1.807, 2.05) is 18.2 Å². The highest BCUT2D eigenvalue weighted by Crippen LogP contribution is 2.32. The van der Waals surface area contributed by atoms with Gasteiger partial charge in [-0.15, -0.1) is 0 Å². The van der Waals surface area contributed by atoms with Crippen molar-refractivity contribution in [2.45, 2.75) is 45.2 Å². The number of nitrogens with one attached hydrogen (secondary N) is 1. The Bertz CT molecular complexity index is 808. The first-order valence-corrected chi connectivity index (χ1v) is 9.27. The van der Waals surface area contributed by atoms with E-state index < -0.39 is 11.9 Å². The fourth-order valence-electron chi connectivity index (χ4n) is 3.20. The molecular weight excluding hydrogens is 364 g/mol. The number of benzene rings is 1. The molecule has 2 heterocycles. The molecular formula is C19H24N4O5. The average molecular weight is 388 g/mol. The molecule has 3 N–H and O–H groups in total. The summed E-state index contributed by atoms with van der Waals surface area (Å²) in [4.78, 5) is 40.2. The van der Waals surface area contributed by atoms with Crippen LogP contribution < -0.4 is 15.8 Å². The topological polar surface area (TPSA) is 123 Å². The standard InChI is InChI=1S/C19H24N4O5/c1-12(24)27-7-3-2-4-8-28-14-5-6-15-13(9-14)11-23-16(10-17(20)25)18(26)22-19(23)21-15/h5-6,9,16H,2-4,7-8,10-11H2,1H3,(H2,20,25)(H,21,22,26). The molecule has 1 fully saturated rings. The van der Waals surface area contributed by atoms with E-state index in [-0.39, 0.29) is 18.3 Å². The molecule has 2 amide bonds. The SMILES string of the molecule is CC(=O)OCCCCCOc1ccc2c(c1)CN1C(=N2)NC(=O)C1CC(N)=O. The molecule has 1 aromatic carbocycles. The van der Waals surface area contributed by atoms with Crippen LogP contribution in [-0.2, 0) is 25.7 Å². The van der Waals surface area contributed by atoms with Crippen LogP contribution in [0.4, 0.5) is 5.69 Å². The largest absolute Gasteiger partial charge is 0.494 e. The summed E-state index contributed by atoms with van der Waals surface area (Å²) in [5, 5.41) is 2.70. The Labute approximate surface area is 162 Å². The maximum absolute atomic E-state index is 12.1. The molecule has 0 saturated carbocycles. The number of rotatable bonds is 9. The molecule has 9 heteroatoms. The lowest BCUT2D eigenvalue weighted by atomic mass is 10.1.